The van der Waals surface area contributed by atoms with E-state index in [1.54, 1.807) is 0 Å². The highest BCUT2D eigenvalue weighted by molar-refractivity contribution is 9.10. The fourth-order valence-corrected chi connectivity index (χ4v) is 2.62. The topological polar surface area (TPSA) is 39.2 Å². The second-order valence-corrected chi connectivity index (χ2v) is 5.98. The normalized spacial score (nSPS) is 11.4. The van der Waals surface area contributed by atoms with Crippen LogP contribution in [-0.2, 0) is 10.9 Å². The molecule has 2 rings (SSSR count). The van der Waals surface area contributed by atoms with Gasteiger partial charge in [-0.15, -0.1) is 0 Å². The molecule has 0 bridgehead atoms. The summed E-state index contributed by atoms with van der Waals surface area (Å²) in [7, 11) is 1.16. The molecule has 0 fully saturated rings. The van der Waals surface area contributed by atoms with E-state index < -0.39 is 17.7 Å². The molecule has 0 spiro atoms. The van der Waals surface area contributed by atoms with Crippen LogP contribution in [0.25, 0.3) is 11.3 Å². The number of esters is 1. The third kappa shape index (κ3) is 3.79. The van der Waals surface area contributed by atoms with Gasteiger partial charge in [-0.1, -0.05) is 29.3 Å². The number of aromatic nitrogens is 1. The highest BCUT2D eigenvalue weighted by Crippen LogP contribution is 2.37. The third-order valence-corrected chi connectivity index (χ3v) is 4.41. The number of rotatable bonds is 2. The smallest absolute Gasteiger partial charge is 0.416 e. The van der Waals surface area contributed by atoms with Gasteiger partial charge in [-0.05, 0) is 34.1 Å². The van der Waals surface area contributed by atoms with Crippen LogP contribution in [0.2, 0.25) is 10.0 Å². The van der Waals surface area contributed by atoms with Gasteiger partial charge in [0.15, 0.2) is 5.69 Å². The number of benzene rings is 1. The molecule has 0 aliphatic rings. The lowest BCUT2D eigenvalue weighted by molar-refractivity contribution is -0.137. The molecule has 1 heterocycles. The predicted molar refractivity (Wildman–Crippen MR) is 83.7 cm³/mol. The summed E-state index contributed by atoms with van der Waals surface area (Å²) in [6, 6.07) is 4.29. The van der Waals surface area contributed by atoms with Gasteiger partial charge in [-0.25, -0.2) is 9.78 Å². The van der Waals surface area contributed by atoms with E-state index in [-0.39, 0.29) is 27.0 Å². The van der Waals surface area contributed by atoms with Crippen LogP contribution in [0, 0.1) is 0 Å². The Bertz CT molecular complexity index is 781. The number of carbonyl (C=O) groups is 1. The molecular formula is C14H7BrCl2F3NO2. The molecule has 0 aliphatic carbocycles. The van der Waals surface area contributed by atoms with Crippen molar-refractivity contribution in [1.82, 2.24) is 4.98 Å². The number of pyridine rings is 1. The Morgan fingerprint density at radius 1 is 1.26 bits per heavy atom. The molecule has 1 aromatic carbocycles. The van der Waals surface area contributed by atoms with Gasteiger partial charge in [0.2, 0.25) is 0 Å². The van der Waals surface area contributed by atoms with Gasteiger partial charge in [-0.2, -0.15) is 13.2 Å². The molecule has 0 atom stereocenters. The van der Waals surface area contributed by atoms with Crippen molar-refractivity contribution in [2.75, 3.05) is 7.11 Å². The zero-order valence-electron chi connectivity index (χ0n) is 11.3. The molecule has 2 aromatic rings. The van der Waals surface area contributed by atoms with Crippen molar-refractivity contribution in [3.63, 3.8) is 0 Å². The number of methoxy groups -OCH3 is 1. The lowest BCUT2D eigenvalue weighted by Gasteiger charge is -2.11. The van der Waals surface area contributed by atoms with Crippen LogP contribution in [0.3, 0.4) is 0 Å². The van der Waals surface area contributed by atoms with E-state index in [0.29, 0.717) is 4.47 Å². The summed E-state index contributed by atoms with van der Waals surface area (Å²) in [6.45, 7) is 0. The first-order valence-electron chi connectivity index (χ1n) is 5.96. The molecule has 23 heavy (non-hydrogen) atoms. The summed E-state index contributed by atoms with van der Waals surface area (Å²) in [5.74, 6) is -0.777. The average molecular weight is 429 g/mol. The van der Waals surface area contributed by atoms with Crippen molar-refractivity contribution < 1.29 is 22.7 Å². The van der Waals surface area contributed by atoms with Gasteiger partial charge in [0.25, 0.3) is 0 Å². The first-order valence-corrected chi connectivity index (χ1v) is 7.51. The highest BCUT2D eigenvalue weighted by atomic mass is 79.9. The Morgan fingerprint density at radius 3 is 2.43 bits per heavy atom. The number of hydrogen-bond donors (Lipinski definition) is 0. The highest BCUT2D eigenvalue weighted by Gasteiger charge is 2.31. The van der Waals surface area contributed by atoms with Crippen LogP contribution in [0.1, 0.15) is 16.1 Å². The Labute approximate surface area is 147 Å². The molecule has 3 nitrogen and oxygen atoms in total. The minimum atomic E-state index is -4.51. The van der Waals surface area contributed by atoms with Crippen LogP contribution in [0.15, 0.2) is 28.7 Å². The molecule has 0 N–H and O–H groups in total. The van der Waals surface area contributed by atoms with E-state index in [1.165, 1.54) is 12.1 Å². The number of hydrogen-bond acceptors (Lipinski definition) is 3. The van der Waals surface area contributed by atoms with Crippen LogP contribution >= 0.6 is 39.1 Å². The van der Waals surface area contributed by atoms with Crippen LogP contribution in [0.4, 0.5) is 13.2 Å². The molecule has 0 aliphatic heterocycles. The van der Waals surface area contributed by atoms with Crippen LogP contribution < -0.4 is 0 Å². The second kappa shape index (κ2) is 6.67. The van der Waals surface area contributed by atoms with Crippen molar-refractivity contribution in [2.24, 2.45) is 0 Å². The minimum absolute atomic E-state index is 0.0311. The van der Waals surface area contributed by atoms with E-state index in [0.717, 1.165) is 19.2 Å². The molecule has 122 valence electrons. The van der Waals surface area contributed by atoms with Gasteiger partial charge >= 0.3 is 12.1 Å². The molecule has 1 aromatic heterocycles. The van der Waals surface area contributed by atoms with E-state index in [9.17, 15) is 18.0 Å². The standard InChI is InChI=1S/C14H7BrCl2F3NO2/c1-23-13(22)12-11(17)8(15)5-10(21-12)7-3-2-6(4-9(7)16)14(18,19)20/h2-5H,1H3. The average Bonchev–Trinajstić information content (AvgIpc) is 2.48. The predicted octanol–water partition coefficient (Wildman–Crippen LogP) is 5.62. The van der Waals surface area contributed by atoms with E-state index in [2.05, 4.69) is 25.7 Å². The van der Waals surface area contributed by atoms with E-state index in [1.807, 2.05) is 0 Å². The zero-order chi connectivity index (χ0) is 17.4. The second-order valence-electron chi connectivity index (χ2n) is 4.34. The van der Waals surface area contributed by atoms with Crippen molar-refractivity contribution in [2.45, 2.75) is 6.18 Å². The molecule has 0 amide bonds. The van der Waals surface area contributed by atoms with Crippen molar-refractivity contribution in [3.05, 3.63) is 50.0 Å². The molecule has 0 unspecified atom stereocenters. The quantitative estimate of drug-likeness (QED) is 0.582. The summed E-state index contributed by atoms with van der Waals surface area (Å²) in [4.78, 5) is 15.7. The maximum atomic E-state index is 12.7. The van der Waals surface area contributed by atoms with Gasteiger partial charge < -0.3 is 4.74 Å². The van der Waals surface area contributed by atoms with Crippen molar-refractivity contribution in [3.8, 4) is 11.3 Å². The maximum absolute atomic E-state index is 12.7. The van der Waals surface area contributed by atoms with E-state index in [4.69, 9.17) is 23.2 Å². The molecular weight excluding hydrogens is 422 g/mol. The Hall–Kier alpha value is -1.31. The van der Waals surface area contributed by atoms with Gasteiger partial charge in [0, 0.05) is 10.0 Å². The van der Waals surface area contributed by atoms with Crippen LogP contribution in [0.5, 0.6) is 0 Å². The fraction of sp³-hybridized carbons (Fsp3) is 0.143. The Morgan fingerprint density at radius 2 is 1.91 bits per heavy atom. The van der Waals surface area contributed by atoms with Crippen molar-refractivity contribution in [1.29, 1.82) is 0 Å². The number of ether oxygens (including phenoxy) is 1. The summed E-state index contributed by atoms with van der Waals surface area (Å²) in [5, 5.41) is -0.124. The number of carbonyl (C=O) groups excluding carboxylic acids is 1. The Kier molecular flexibility index (Phi) is 5.23. The van der Waals surface area contributed by atoms with Crippen molar-refractivity contribution >= 4 is 45.1 Å². The molecule has 0 saturated heterocycles. The lowest BCUT2D eigenvalue weighted by atomic mass is 10.1. The van der Waals surface area contributed by atoms with Gasteiger partial charge in [0.1, 0.15) is 0 Å². The third-order valence-electron chi connectivity index (χ3n) is 2.86. The Balaban J connectivity index is 2.59. The number of alkyl halides is 3. The maximum Gasteiger partial charge on any atom is 0.416 e. The summed E-state index contributed by atoms with van der Waals surface area (Å²) in [6.07, 6.45) is -4.51. The molecule has 9 heteroatoms. The SMILES string of the molecule is COC(=O)c1nc(-c2ccc(C(F)(F)F)cc2Cl)cc(Br)c1Cl. The minimum Gasteiger partial charge on any atom is -0.464 e. The molecule has 0 radical (unpaired) electrons. The van der Waals surface area contributed by atoms with Crippen LogP contribution in [-0.4, -0.2) is 18.1 Å². The zero-order valence-corrected chi connectivity index (χ0v) is 14.4. The molecule has 0 saturated carbocycles. The fourth-order valence-electron chi connectivity index (χ4n) is 1.77. The number of halogens is 6. The first-order chi connectivity index (χ1) is 10.6. The largest absolute Gasteiger partial charge is 0.464 e. The monoisotopic (exact) mass is 427 g/mol. The van der Waals surface area contributed by atoms with Gasteiger partial charge in [-0.3, -0.25) is 0 Å². The number of nitrogens with zero attached hydrogens (tertiary/aromatic N) is 1. The first kappa shape index (κ1) is 18.0. The lowest BCUT2D eigenvalue weighted by Crippen LogP contribution is -2.07. The summed E-state index contributed by atoms with van der Waals surface area (Å²) in [5.41, 5.74) is -0.649. The summed E-state index contributed by atoms with van der Waals surface area (Å²) >= 11 is 15.0. The summed E-state index contributed by atoms with van der Waals surface area (Å²) < 4.78 is 42.9. The van der Waals surface area contributed by atoms with Gasteiger partial charge in [0.05, 0.1) is 28.4 Å². The van der Waals surface area contributed by atoms with E-state index >= 15 is 0 Å².